The molecule has 0 saturated carbocycles. The Morgan fingerprint density at radius 2 is 1.25 bits per heavy atom. The van der Waals surface area contributed by atoms with E-state index in [4.69, 9.17) is 0 Å². The molecular weight excluding hydrogens is 194 g/mol. The maximum absolute atomic E-state index is 11.1. The standard InChI is InChI=1S/C4H6F3.Y/c1-3(2)4(5,6)7;/h1-2H3;/q-1;. The van der Waals surface area contributed by atoms with E-state index in [0.29, 0.717) is 0 Å². The van der Waals surface area contributed by atoms with E-state index in [1.165, 1.54) is 0 Å². The molecule has 47 valence electrons. The van der Waals surface area contributed by atoms with Crippen LogP contribution in [0.2, 0.25) is 0 Å². The van der Waals surface area contributed by atoms with Crippen molar-refractivity contribution in [3.05, 3.63) is 5.92 Å². The molecule has 0 aromatic carbocycles. The summed E-state index contributed by atoms with van der Waals surface area (Å²) in [5, 5.41) is 0. The molecule has 0 fully saturated rings. The van der Waals surface area contributed by atoms with Crippen molar-refractivity contribution in [2.24, 2.45) is 0 Å². The Morgan fingerprint density at radius 3 is 1.25 bits per heavy atom. The van der Waals surface area contributed by atoms with Crippen LogP contribution in [0.3, 0.4) is 0 Å². The minimum absolute atomic E-state index is 0. The summed E-state index contributed by atoms with van der Waals surface area (Å²) in [7, 11) is 0. The van der Waals surface area contributed by atoms with Gasteiger partial charge in [0.1, 0.15) is 0 Å². The van der Waals surface area contributed by atoms with Crippen molar-refractivity contribution in [2.75, 3.05) is 0 Å². The molecule has 0 nitrogen and oxygen atoms in total. The van der Waals surface area contributed by atoms with Crippen molar-refractivity contribution in [1.82, 2.24) is 0 Å². The normalized spacial score (nSPS) is 11.2. The van der Waals surface area contributed by atoms with Gasteiger partial charge in [-0.1, -0.05) is 0 Å². The summed E-state index contributed by atoms with van der Waals surface area (Å²) in [6, 6.07) is 0. The van der Waals surface area contributed by atoms with Crippen LogP contribution in [0.4, 0.5) is 13.2 Å². The minimum atomic E-state index is -4.08. The molecule has 0 aliphatic rings. The molecule has 0 amide bonds. The molecule has 0 aromatic rings. The average Bonchev–Trinajstić information content (AvgIpc) is 1.31. The van der Waals surface area contributed by atoms with Crippen LogP contribution >= 0.6 is 0 Å². The van der Waals surface area contributed by atoms with Crippen molar-refractivity contribution in [3.8, 4) is 0 Å². The van der Waals surface area contributed by atoms with Crippen LogP contribution in [0.1, 0.15) is 13.8 Å². The van der Waals surface area contributed by atoms with Gasteiger partial charge in [0.25, 0.3) is 6.18 Å². The summed E-state index contributed by atoms with van der Waals surface area (Å²) in [5.41, 5.74) is 0. The first-order valence-electron chi connectivity index (χ1n) is 1.82. The summed E-state index contributed by atoms with van der Waals surface area (Å²) in [6.45, 7) is 2.08. The molecule has 0 aliphatic heterocycles. The molecule has 0 atom stereocenters. The molecule has 0 aliphatic carbocycles. The summed E-state index contributed by atoms with van der Waals surface area (Å²) >= 11 is 0. The monoisotopic (exact) mass is 200 g/mol. The van der Waals surface area contributed by atoms with E-state index in [2.05, 4.69) is 0 Å². The molecular formula is C4H6F3Y-. The maximum atomic E-state index is 11.1. The molecule has 0 unspecified atom stereocenters. The van der Waals surface area contributed by atoms with Gasteiger partial charge < -0.3 is 0 Å². The molecule has 0 bridgehead atoms. The Balaban J connectivity index is 0. The van der Waals surface area contributed by atoms with Crippen molar-refractivity contribution >= 4 is 0 Å². The minimum Gasteiger partial charge on any atom is -0.218 e. The fourth-order valence-electron chi connectivity index (χ4n) is 0. The SMILES string of the molecule is C[C-](C)C(F)(F)F.[Y]. The Morgan fingerprint density at radius 1 is 1.12 bits per heavy atom. The van der Waals surface area contributed by atoms with E-state index in [1.807, 2.05) is 0 Å². The van der Waals surface area contributed by atoms with Gasteiger partial charge >= 0.3 is 0 Å². The van der Waals surface area contributed by atoms with E-state index < -0.39 is 12.1 Å². The second-order valence-electron chi connectivity index (χ2n) is 1.50. The maximum Gasteiger partial charge on any atom is 0.272 e. The zero-order valence-electron chi connectivity index (χ0n) is 4.71. The van der Waals surface area contributed by atoms with Gasteiger partial charge in [-0.05, 0) is 0 Å². The van der Waals surface area contributed by atoms with E-state index >= 15 is 0 Å². The molecule has 0 spiro atoms. The van der Waals surface area contributed by atoms with Crippen molar-refractivity contribution in [2.45, 2.75) is 20.0 Å². The summed E-state index contributed by atoms with van der Waals surface area (Å²) in [4.78, 5) is 0. The van der Waals surface area contributed by atoms with E-state index in [9.17, 15) is 13.2 Å². The molecule has 4 heteroatoms. The number of halogens is 3. The second-order valence-corrected chi connectivity index (χ2v) is 1.50. The van der Waals surface area contributed by atoms with Crippen LogP contribution in [0.25, 0.3) is 0 Å². The van der Waals surface area contributed by atoms with Crippen LogP contribution in [-0.4, -0.2) is 6.18 Å². The van der Waals surface area contributed by atoms with Crippen LogP contribution in [0.5, 0.6) is 0 Å². The first-order valence-corrected chi connectivity index (χ1v) is 1.82. The first kappa shape index (κ1) is 11.7. The van der Waals surface area contributed by atoms with Crippen LogP contribution < -0.4 is 0 Å². The van der Waals surface area contributed by atoms with Gasteiger partial charge in [-0.2, -0.15) is 13.8 Å². The Labute approximate surface area is 71.7 Å². The van der Waals surface area contributed by atoms with Gasteiger partial charge in [0.2, 0.25) is 0 Å². The fraction of sp³-hybridized carbons (Fsp3) is 0.750. The molecule has 0 aromatic heterocycles. The fourth-order valence-corrected chi connectivity index (χ4v) is 0. The zero-order chi connectivity index (χ0) is 6.08. The average molecular weight is 200 g/mol. The predicted octanol–water partition coefficient (Wildman–Crippen LogP) is 2.16. The summed E-state index contributed by atoms with van der Waals surface area (Å²) in [6.07, 6.45) is -4.08. The smallest absolute Gasteiger partial charge is 0.218 e. The molecule has 0 saturated heterocycles. The molecule has 8 heavy (non-hydrogen) atoms. The molecule has 1 radical (unpaired) electrons. The van der Waals surface area contributed by atoms with Gasteiger partial charge in [-0.3, -0.25) is 0 Å². The van der Waals surface area contributed by atoms with Gasteiger partial charge in [0, 0.05) is 32.7 Å². The third-order valence-corrected chi connectivity index (χ3v) is 0.567. The number of hydrogen-bond donors (Lipinski definition) is 0. The zero-order valence-corrected chi connectivity index (χ0v) is 7.55. The Bertz CT molecular complexity index is 56.8. The van der Waals surface area contributed by atoms with Crippen LogP contribution in [0.15, 0.2) is 0 Å². The number of rotatable bonds is 0. The second kappa shape index (κ2) is 3.83. The first-order chi connectivity index (χ1) is 2.94. The van der Waals surface area contributed by atoms with Crippen LogP contribution in [-0.2, 0) is 32.7 Å². The number of alkyl halides is 3. The topological polar surface area (TPSA) is 0 Å². The largest absolute Gasteiger partial charge is 0.272 e. The van der Waals surface area contributed by atoms with Gasteiger partial charge in [0.05, 0.1) is 0 Å². The summed E-state index contributed by atoms with van der Waals surface area (Å²) in [5.74, 6) is -0.507. The Kier molecular flexibility index (Phi) is 5.59. The van der Waals surface area contributed by atoms with Gasteiger partial charge in [-0.15, -0.1) is 0 Å². The predicted molar refractivity (Wildman–Crippen MR) is 20.6 cm³/mol. The molecule has 0 rings (SSSR count). The third kappa shape index (κ3) is 5.04. The number of hydrogen-bond acceptors (Lipinski definition) is 0. The van der Waals surface area contributed by atoms with Crippen molar-refractivity contribution < 1.29 is 45.9 Å². The van der Waals surface area contributed by atoms with Crippen molar-refractivity contribution in [3.63, 3.8) is 0 Å². The van der Waals surface area contributed by atoms with Crippen LogP contribution in [0, 0.1) is 5.92 Å². The van der Waals surface area contributed by atoms with Gasteiger partial charge in [-0.25, -0.2) is 19.1 Å². The Hall–Kier alpha value is 0.894. The van der Waals surface area contributed by atoms with Gasteiger partial charge in [0.15, 0.2) is 0 Å². The quantitative estimate of drug-likeness (QED) is 0.525. The van der Waals surface area contributed by atoms with E-state index in [1.54, 1.807) is 0 Å². The molecule has 0 N–H and O–H groups in total. The molecule has 0 heterocycles. The van der Waals surface area contributed by atoms with E-state index in [-0.39, 0.29) is 32.7 Å². The third-order valence-electron chi connectivity index (χ3n) is 0.567. The van der Waals surface area contributed by atoms with E-state index in [0.717, 1.165) is 13.8 Å². The summed E-state index contributed by atoms with van der Waals surface area (Å²) < 4.78 is 33.4. The van der Waals surface area contributed by atoms with Crippen molar-refractivity contribution in [1.29, 1.82) is 0 Å².